The van der Waals surface area contributed by atoms with E-state index in [2.05, 4.69) is 32.1 Å². The number of carbonyl (C=O) groups is 2. The van der Waals surface area contributed by atoms with Gasteiger partial charge in [0.25, 0.3) is 5.91 Å². The number of alkyl halides is 3. The van der Waals surface area contributed by atoms with E-state index in [1.165, 1.54) is 0 Å². The van der Waals surface area contributed by atoms with Gasteiger partial charge in [0.15, 0.2) is 0 Å². The van der Waals surface area contributed by atoms with Gasteiger partial charge in [-0.3, -0.25) is 4.79 Å². The van der Waals surface area contributed by atoms with Crippen LogP contribution < -0.4 is 10.2 Å². The van der Waals surface area contributed by atoms with Crippen LogP contribution in [0.25, 0.3) is 10.6 Å². The molecule has 3 heterocycles. The van der Waals surface area contributed by atoms with Crippen molar-refractivity contribution in [2.45, 2.75) is 12.7 Å². The number of piperazine rings is 1. The largest absolute Gasteiger partial charge is 0.490 e. The van der Waals surface area contributed by atoms with E-state index in [1.54, 1.807) is 23.6 Å². The van der Waals surface area contributed by atoms with Crippen LogP contribution in [0.4, 0.5) is 19.0 Å². The number of nitrogens with one attached hydrogen (secondary N) is 1. The van der Waals surface area contributed by atoms with Crippen LogP contribution in [0.1, 0.15) is 15.4 Å². The monoisotopic (exact) mass is 541 g/mol. The van der Waals surface area contributed by atoms with E-state index in [0.29, 0.717) is 17.3 Å². The lowest BCUT2D eigenvalue weighted by Crippen LogP contribution is -2.45. The molecule has 3 aromatic rings. The summed E-state index contributed by atoms with van der Waals surface area (Å²) >= 11 is 7.49. The van der Waals surface area contributed by atoms with Gasteiger partial charge < -0.3 is 20.2 Å². The Kier molecular flexibility index (Phi) is 9.24. The Bertz CT molecular complexity index is 1180. The summed E-state index contributed by atoms with van der Waals surface area (Å²) in [6.45, 7) is 4.26. The number of rotatable bonds is 5. The first-order valence-electron chi connectivity index (χ1n) is 10.7. The first-order chi connectivity index (χ1) is 17.0. The fourth-order valence-corrected chi connectivity index (χ4v) is 4.12. The third kappa shape index (κ3) is 7.90. The average Bonchev–Trinajstić information content (AvgIpc) is 3.32. The van der Waals surface area contributed by atoms with E-state index in [-0.39, 0.29) is 5.91 Å². The summed E-state index contributed by atoms with van der Waals surface area (Å²) in [5.41, 5.74) is 1.45. The molecule has 8 nitrogen and oxygen atoms in total. The minimum absolute atomic E-state index is 0.178. The Morgan fingerprint density at radius 2 is 1.75 bits per heavy atom. The summed E-state index contributed by atoms with van der Waals surface area (Å²) in [5.74, 6) is -2.08. The maximum Gasteiger partial charge on any atom is 0.490 e. The molecule has 36 heavy (non-hydrogen) atoms. The van der Waals surface area contributed by atoms with Gasteiger partial charge in [0, 0.05) is 47.8 Å². The number of carboxylic acids is 1. The summed E-state index contributed by atoms with van der Waals surface area (Å²) in [5, 5.41) is 11.7. The lowest BCUT2D eigenvalue weighted by Gasteiger charge is -2.33. The first-order valence-corrected chi connectivity index (χ1v) is 11.9. The number of likely N-dealkylation sites (N-methyl/N-ethyl adjacent to an activating group) is 1. The summed E-state index contributed by atoms with van der Waals surface area (Å²) in [6.07, 6.45) is -3.29. The predicted octanol–water partition coefficient (Wildman–Crippen LogP) is 4.17. The molecule has 0 atom stereocenters. The standard InChI is InChI=1S/C21H22ClN5OS.C2HF3O2/c1-26-9-11-27(12-10-26)19-4-2-3-18(25-19)20(28)23-13-17-14-24-21(29-17)15-5-7-16(22)8-6-15;3-2(4,5)1(6)7/h2-8,14H,9-13H2,1H3,(H,23,28);(H,6,7). The van der Waals surface area contributed by atoms with Gasteiger partial charge in [-0.05, 0) is 31.3 Å². The highest BCUT2D eigenvalue weighted by Gasteiger charge is 2.38. The topological polar surface area (TPSA) is 98.7 Å². The number of thiazole rings is 1. The van der Waals surface area contributed by atoms with Gasteiger partial charge in [-0.25, -0.2) is 14.8 Å². The van der Waals surface area contributed by atoms with Crippen molar-refractivity contribution < 1.29 is 27.9 Å². The van der Waals surface area contributed by atoms with Gasteiger partial charge in [-0.1, -0.05) is 29.8 Å². The van der Waals surface area contributed by atoms with Crippen molar-refractivity contribution in [1.29, 1.82) is 0 Å². The number of aliphatic carboxylic acids is 1. The van der Waals surface area contributed by atoms with Crippen molar-refractivity contribution in [3.05, 3.63) is 64.3 Å². The number of anilines is 1. The molecule has 0 unspecified atom stereocenters. The first kappa shape index (κ1) is 27.4. The molecule has 1 amide bonds. The molecule has 1 aliphatic heterocycles. The molecule has 1 saturated heterocycles. The van der Waals surface area contributed by atoms with E-state index in [0.717, 1.165) is 47.4 Å². The average molecular weight is 542 g/mol. The number of aromatic nitrogens is 2. The van der Waals surface area contributed by atoms with Crippen LogP contribution in [0.2, 0.25) is 5.02 Å². The number of carboxylic acid groups (broad SMARTS) is 1. The van der Waals surface area contributed by atoms with Crippen LogP contribution in [0.3, 0.4) is 0 Å². The molecule has 0 bridgehead atoms. The number of pyridine rings is 1. The molecule has 1 fully saturated rings. The Balaban J connectivity index is 0.000000454. The molecule has 1 aliphatic rings. The fraction of sp³-hybridized carbons (Fsp3) is 0.304. The molecule has 13 heteroatoms. The van der Waals surface area contributed by atoms with Crippen molar-refractivity contribution in [2.24, 2.45) is 0 Å². The van der Waals surface area contributed by atoms with Gasteiger partial charge in [0.2, 0.25) is 0 Å². The SMILES string of the molecule is CN1CCN(c2cccc(C(=O)NCc3cnc(-c4ccc(Cl)cc4)s3)n2)CC1.O=C(O)C(F)(F)F. The number of halogens is 4. The van der Waals surface area contributed by atoms with E-state index in [9.17, 15) is 18.0 Å². The summed E-state index contributed by atoms with van der Waals surface area (Å²) < 4.78 is 31.7. The number of amides is 1. The van der Waals surface area contributed by atoms with Gasteiger partial charge in [-0.2, -0.15) is 13.2 Å². The second-order valence-electron chi connectivity index (χ2n) is 7.80. The quantitative estimate of drug-likeness (QED) is 0.500. The minimum Gasteiger partial charge on any atom is -0.475 e. The van der Waals surface area contributed by atoms with Crippen LogP contribution in [0.15, 0.2) is 48.7 Å². The highest BCUT2D eigenvalue weighted by molar-refractivity contribution is 7.15. The van der Waals surface area contributed by atoms with E-state index < -0.39 is 12.1 Å². The van der Waals surface area contributed by atoms with E-state index in [4.69, 9.17) is 21.5 Å². The third-order valence-corrected chi connectivity index (χ3v) is 6.40. The zero-order chi connectivity index (χ0) is 26.3. The third-order valence-electron chi connectivity index (χ3n) is 5.10. The maximum absolute atomic E-state index is 12.6. The molecule has 0 spiro atoms. The van der Waals surface area contributed by atoms with Crippen molar-refractivity contribution in [3.63, 3.8) is 0 Å². The van der Waals surface area contributed by atoms with Crippen LogP contribution in [0.5, 0.6) is 0 Å². The van der Waals surface area contributed by atoms with Crippen LogP contribution in [0, 0.1) is 0 Å². The second kappa shape index (κ2) is 12.2. The minimum atomic E-state index is -5.08. The normalized spacial score (nSPS) is 14.1. The molecule has 0 aliphatic carbocycles. The Morgan fingerprint density at radius 3 is 2.36 bits per heavy atom. The lowest BCUT2D eigenvalue weighted by atomic mass is 10.2. The molecule has 192 valence electrons. The smallest absolute Gasteiger partial charge is 0.475 e. The van der Waals surface area contributed by atoms with Crippen molar-refractivity contribution in [2.75, 3.05) is 38.1 Å². The van der Waals surface area contributed by atoms with Crippen molar-refractivity contribution in [1.82, 2.24) is 20.2 Å². The van der Waals surface area contributed by atoms with Crippen molar-refractivity contribution in [3.8, 4) is 10.6 Å². The van der Waals surface area contributed by atoms with Gasteiger partial charge >= 0.3 is 12.1 Å². The van der Waals surface area contributed by atoms with Crippen LogP contribution in [-0.4, -0.2) is 71.3 Å². The number of nitrogens with zero attached hydrogens (tertiary/aromatic N) is 4. The number of hydrogen-bond acceptors (Lipinski definition) is 7. The molecule has 2 N–H and O–H groups in total. The Labute approximate surface area is 214 Å². The predicted molar refractivity (Wildman–Crippen MR) is 131 cm³/mol. The fourth-order valence-electron chi connectivity index (χ4n) is 3.13. The highest BCUT2D eigenvalue weighted by atomic mass is 35.5. The molecular weight excluding hydrogens is 519 g/mol. The summed E-state index contributed by atoms with van der Waals surface area (Å²) in [7, 11) is 2.12. The van der Waals surface area contributed by atoms with Crippen molar-refractivity contribution >= 4 is 40.6 Å². The lowest BCUT2D eigenvalue weighted by molar-refractivity contribution is -0.192. The van der Waals surface area contributed by atoms with Crippen LogP contribution in [-0.2, 0) is 11.3 Å². The molecule has 4 rings (SSSR count). The molecule has 2 aromatic heterocycles. The maximum atomic E-state index is 12.6. The zero-order valence-corrected chi connectivity index (χ0v) is 20.7. The molecule has 0 radical (unpaired) electrons. The van der Waals surface area contributed by atoms with E-state index >= 15 is 0 Å². The Hall–Kier alpha value is -3.22. The zero-order valence-electron chi connectivity index (χ0n) is 19.1. The molecular formula is C23H23ClF3N5O3S. The summed E-state index contributed by atoms with van der Waals surface area (Å²) in [4.78, 5) is 36.0. The van der Waals surface area contributed by atoms with Crippen LogP contribution >= 0.6 is 22.9 Å². The number of carbonyl (C=O) groups excluding carboxylic acids is 1. The van der Waals surface area contributed by atoms with E-state index in [1.807, 2.05) is 36.4 Å². The number of benzene rings is 1. The van der Waals surface area contributed by atoms with Gasteiger partial charge in [-0.15, -0.1) is 11.3 Å². The second-order valence-corrected chi connectivity index (χ2v) is 9.35. The molecule has 0 saturated carbocycles. The van der Waals surface area contributed by atoms with Gasteiger partial charge in [0.05, 0.1) is 6.54 Å². The highest BCUT2D eigenvalue weighted by Crippen LogP contribution is 2.26. The van der Waals surface area contributed by atoms with Gasteiger partial charge in [0.1, 0.15) is 16.5 Å². The number of hydrogen-bond donors (Lipinski definition) is 2. The summed E-state index contributed by atoms with van der Waals surface area (Å²) in [6, 6.07) is 13.2. The molecule has 1 aromatic carbocycles. The Morgan fingerprint density at radius 1 is 1.11 bits per heavy atom.